The number of rotatable bonds is 5. The number of hydrogen-bond donors (Lipinski definition) is 2. The number of nitrogens with one attached hydrogen (secondary N) is 1. The quantitative estimate of drug-likeness (QED) is 0.611. The summed E-state index contributed by atoms with van der Waals surface area (Å²) in [6.45, 7) is 0. The maximum atomic E-state index is 5.70. The predicted octanol–water partition coefficient (Wildman–Crippen LogP) is 3.09. The number of aryl methyl sites for hydroxylation is 1. The molecule has 1 aliphatic rings. The van der Waals surface area contributed by atoms with E-state index >= 15 is 0 Å². The van der Waals surface area contributed by atoms with Crippen LogP contribution in [0.1, 0.15) is 44.1 Å². The minimum Gasteiger partial charge on any atom is -0.271 e. The monoisotopic (exact) mass is 238 g/mol. The standard InChI is InChI=1S/C13H22N2S/c14-15-13(12-4-2-1-3-5-12)7-6-11-8-9-16-10-11/h8-10,12-13,15H,1-7,14H2. The van der Waals surface area contributed by atoms with Gasteiger partial charge < -0.3 is 0 Å². The molecule has 3 heteroatoms. The van der Waals surface area contributed by atoms with E-state index in [1.165, 1.54) is 44.1 Å². The van der Waals surface area contributed by atoms with Crippen LogP contribution < -0.4 is 11.3 Å². The average molecular weight is 238 g/mol. The minimum absolute atomic E-state index is 0.514. The van der Waals surface area contributed by atoms with Gasteiger partial charge in [-0.05, 0) is 54.0 Å². The third kappa shape index (κ3) is 3.30. The second-order valence-corrected chi connectivity index (χ2v) is 5.62. The van der Waals surface area contributed by atoms with Crippen molar-refractivity contribution in [2.45, 2.75) is 51.0 Å². The molecular formula is C13H22N2S. The molecule has 1 fully saturated rings. The van der Waals surface area contributed by atoms with Gasteiger partial charge in [-0.1, -0.05) is 19.3 Å². The van der Waals surface area contributed by atoms with Gasteiger partial charge in [-0.3, -0.25) is 11.3 Å². The van der Waals surface area contributed by atoms with E-state index in [9.17, 15) is 0 Å². The van der Waals surface area contributed by atoms with Crippen LogP contribution >= 0.6 is 11.3 Å². The highest BCUT2D eigenvalue weighted by Crippen LogP contribution is 2.28. The molecule has 1 atom stereocenters. The Morgan fingerprint density at radius 1 is 1.38 bits per heavy atom. The van der Waals surface area contributed by atoms with Crippen molar-refractivity contribution in [3.05, 3.63) is 22.4 Å². The first-order chi connectivity index (χ1) is 7.90. The Labute approximate surface area is 102 Å². The van der Waals surface area contributed by atoms with E-state index in [1.807, 2.05) is 0 Å². The molecule has 3 N–H and O–H groups in total. The Morgan fingerprint density at radius 3 is 2.81 bits per heavy atom. The molecule has 1 aromatic rings. The van der Waals surface area contributed by atoms with Crippen molar-refractivity contribution in [1.82, 2.24) is 5.43 Å². The Bertz CT molecular complexity index is 278. The molecule has 2 rings (SSSR count). The lowest BCUT2D eigenvalue weighted by atomic mass is 9.82. The van der Waals surface area contributed by atoms with Crippen LogP contribution in [0.3, 0.4) is 0 Å². The van der Waals surface area contributed by atoms with Crippen molar-refractivity contribution in [2.24, 2.45) is 11.8 Å². The Kier molecular flexibility index (Phi) is 4.82. The lowest BCUT2D eigenvalue weighted by Gasteiger charge is -2.29. The minimum atomic E-state index is 0.514. The zero-order valence-corrected chi connectivity index (χ0v) is 10.6. The van der Waals surface area contributed by atoms with Gasteiger partial charge in [-0.15, -0.1) is 0 Å². The summed E-state index contributed by atoms with van der Waals surface area (Å²) in [5.41, 5.74) is 4.50. The van der Waals surface area contributed by atoms with Crippen LogP contribution in [0.25, 0.3) is 0 Å². The van der Waals surface area contributed by atoms with Gasteiger partial charge in [-0.2, -0.15) is 11.3 Å². The topological polar surface area (TPSA) is 38.0 Å². The molecule has 0 amide bonds. The summed E-state index contributed by atoms with van der Waals surface area (Å²) < 4.78 is 0. The lowest BCUT2D eigenvalue weighted by molar-refractivity contribution is 0.260. The second kappa shape index (κ2) is 6.38. The Hall–Kier alpha value is -0.380. The van der Waals surface area contributed by atoms with Gasteiger partial charge in [0.1, 0.15) is 0 Å². The van der Waals surface area contributed by atoms with Gasteiger partial charge in [0, 0.05) is 6.04 Å². The molecule has 1 saturated carbocycles. The molecule has 0 aromatic carbocycles. The maximum absolute atomic E-state index is 5.70. The summed E-state index contributed by atoms with van der Waals surface area (Å²) >= 11 is 1.78. The fraction of sp³-hybridized carbons (Fsp3) is 0.692. The van der Waals surface area contributed by atoms with Crippen molar-refractivity contribution in [3.63, 3.8) is 0 Å². The van der Waals surface area contributed by atoms with Crippen LogP contribution in [-0.4, -0.2) is 6.04 Å². The van der Waals surface area contributed by atoms with Crippen LogP contribution in [0.4, 0.5) is 0 Å². The summed E-state index contributed by atoms with van der Waals surface area (Å²) in [6.07, 6.45) is 9.25. The van der Waals surface area contributed by atoms with E-state index in [-0.39, 0.29) is 0 Å². The van der Waals surface area contributed by atoms with E-state index in [2.05, 4.69) is 22.3 Å². The van der Waals surface area contributed by atoms with E-state index in [0.29, 0.717) is 6.04 Å². The smallest absolute Gasteiger partial charge is 0.0241 e. The third-order valence-electron chi connectivity index (χ3n) is 3.76. The van der Waals surface area contributed by atoms with Crippen molar-refractivity contribution >= 4 is 11.3 Å². The summed E-state index contributed by atoms with van der Waals surface area (Å²) in [7, 11) is 0. The van der Waals surface area contributed by atoms with Gasteiger partial charge in [0.25, 0.3) is 0 Å². The second-order valence-electron chi connectivity index (χ2n) is 4.84. The number of nitrogens with two attached hydrogens (primary N) is 1. The normalized spacial score (nSPS) is 19.8. The highest BCUT2D eigenvalue weighted by molar-refractivity contribution is 7.07. The summed E-state index contributed by atoms with van der Waals surface area (Å²) in [5.74, 6) is 6.50. The molecule has 0 bridgehead atoms. The molecule has 0 spiro atoms. The van der Waals surface area contributed by atoms with Gasteiger partial charge in [0.2, 0.25) is 0 Å². The highest BCUT2D eigenvalue weighted by atomic mass is 32.1. The fourth-order valence-electron chi connectivity index (χ4n) is 2.75. The molecule has 16 heavy (non-hydrogen) atoms. The van der Waals surface area contributed by atoms with Crippen LogP contribution in [0.5, 0.6) is 0 Å². The Balaban J connectivity index is 1.80. The third-order valence-corrected chi connectivity index (χ3v) is 4.49. The zero-order chi connectivity index (χ0) is 11.2. The predicted molar refractivity (Wildman–Crippen MR) is 70.3 cm³/mol. The SMILES string of the molecule is NNC(CCc1ccsc1)C1CCCCC1. The molecule has 90 valence electrons. The first-order valence-electron chi connectivity index (χ1n) is 6.37. The molecule has 1 heterocycles. The lowest BCUT2D eigenvalue weighted by Crippen LogP contribution is -2.41. The first kappa shape index (κ1) is 12.1. The molecule has 1 aliphatic carbocycles. The first-order valence-corrected chi connectivity index (χ1v) is 7.31. The van der Waals surface area contributed by atoms with E-state index in [0.717, 1.165) is 12.3 Å². The molecular weight excluding hydrogens is 216 g/mol. The molecule has 1 aromatic heterocycles. The molecule has 0 aliphatic heterocycles. The van der Waals surface area contributed by atoms with Crippen molar-refractivity contribution in [1.29, 1.82) is 0 Å². The van der Waals surface area contributed by atoms with E-state index in [4.69, 9.17) is 5.84 Å². The van der Waals surface area contributed by atoms with Crippen LogP contribution in [0.15, 0.2) is 16.8 Å². The van der Waals surface area contributed by atoms with Gasteiger partial charge in [0.05, 0.1) is 0 Å². The summed E-state index contributed by atoms with van der Waals surface area (Å²) in [4.78, 5) is 0. The maximum Gasteiger partial charge on any atom is 0.0241 e. The van der Waals surface area contributed by atoms with E-state index in [1.54, 1.807) is 11.3 Å². The number of hydrogen-bond acceptors (Lipinski definition) is 3. The summed E-state index contributed by atoms with van der Waals surface area (Å²) in [5, 5.41) is 4.40. The number of thiophene rings is 1. The van der Waals surface area contributed by atoms with Crippen molar-refractivity contribution in [2.75, 3.05) is 0 Å². The average Bonchev–Trinajstić information content (AvgIpc) is 2.84. The number of hydrazine groups is 1. The molecule has 0 saturated heterocycles. The fourth-order valence-corrected chi connectivity index (χ4v) is 3.45. The van der Waals surface area contributed by atoms with Gasteiger partial charge in [0.15, 0.2) is 0 Å². The summed E-state index contributed by atoms with van der Waals surface area (Å²) in [6, 6.07) is 2.74. The Morgan fingerprint density at radius 2 is 2.19 bits per heavy atom. The van der Waals surface area contributed by atoms with Crippen LogP contribution in [0.2, 0.25) is 0 Å². The molecule has 2 nitrogen and oxygen atoms in total. The van der Waals surface area contributed by atoms with Crippen molar-refractivity contribution < 1.29 is 0 Å². The largest absolute Gasteiger partial charge is 0.271 e. The van der Waals surface area contributed by atoms with Crippen molar-refractivity contribution in [3.8, 4) is 0 Å². The molecule has 1 unspecified atom stereocenters. The van der Waals surface area contributed by atoms with Gasteiger partial charge >= 0.3 is 0 Å². The van der Waals surface area contributed by atoms with Crippen LogP contribution in [-0.2, 0) is 6.42 Å². The van der Waals surface area contributed by atoms with Crippen LogP contribution in [0, 0.1) is 5.92 Å². The zero-order valence-electron chi connectivity index (χ0n) is 9.82. The van der Waals surface area contributed by atoms with E-state index < -0.39 is 0 Å². The van der Waals surface area contributed by atoms with Gasteiger partial charge in [-0.25, -0.2) is 0 Å². The molecule has 0 radical (unpaired) electrons. The highest BCUT2D eigenvalue weighted by Gasteiger charge is 2.22.